The van der Waals surface area contributed by atoms with Crippen molar-refractivity contribution in [1.82, 2.24) is 10.2 Å². The Morgan fingerprint density at radius 3 is 2.30 bits per heavy atom. The van der Waals surface area contributed by atoms with Crippen molar-refractivity contribution in [1.29, 1.82) is 0 Å². The molecule has 13 heteroatoms. The summed E-state index contributed by atoms with van der Waals surface area (Å²) in [6.07, 6.45) is 0.0599. The number of fused-ring (bicyclic) bond motifs is 3. The molecule has 3 aliphatic rings. The summed E-state index contributed by atoms with van der Waals surface area (Å²) in [6, 6.07) is 0.275. The van der Waals surface area contributed by atoms with Crippen molar-refractivity contribution in [2.75, 3.05) is 46.2 Å². The summed E-state index contributed by atoms with van der Waals surface area (Å²) >= 11 is 0. The number of carbonyl (C=O) groups is 4. The van der Waals surface area contributed by atoms with Crippen molar-refractivity contribution in [2.45, 2.75) is 50.8 Å². The highest BCUT2D eigenvalue weighted by atomic mass is 16.5. The van der Waals surface area contributed by atoms with Gasteiger partial charge in [0.05, 0.1) is 11.6 Å². The fourth-order valence-electron chi connectivity index (χ4n) is 6.49. The Labute approximate surface area is 249 Å². The van der Waals surface area contributed by atoms with Gasteiger partial charge < -0.3 is 41.1 Å². The number of ether oxygens (including phenoxy) is 1. The molecule has 0 aromatic heterocycles. The van der Waals surface area contributed by atoms with E-state index < -0.39 is 69.8 Å². The largest absolute Gasteiger partial charge is 0.508 e. The van der Waals surface area contributed by atoms with E-state index in [4.69, 9.17) is 10.5 Å². The fraction of sp³-hybridized carbons (Fsp3) is 0.533. The normalized spacial score (nSPS) is 25.4. The molecular formula is C30H40N4O9. The van der Waals surface area contributed by atoms with Crippen LogP contribution in [0, 0.1) is 11.8 Å². The van der Waals surface area contributed by atoms with Crippen LogP contribution in [0.4, 0.5) is 5.69 Å². The molecule has 1 fully saturated rings. The molecule has 43 heavy (non-hydrogen) atoms. The number of esters is 1. The Balaban J connectivity index is 1.86. The molecule has 13 nitrogen and oxygen atoms in total. The number of phenols is 1. The van der Waals surface area contributed by atoms with Crippen LogP contribution in [0.15, 0.2) is 23.0 Å². The number of anilines is 1. The Kier molecular flexibility index (Phi) is 8.15. The van der Waals surface area contributed by atoms with Gasteiger partial charge in [0, 0.05) is 43.4 Å². The van der Waals surface area contributed by atoms with Crippen molar-refractivity contribution in [3.8, 4) is 5.75 Å². The second-order valence-corrected chi connectivity index (χ2v) is 12.8. The van der Waals surface area contributed by atoms with Crippen LogP contribution in [0.2, 0.25) is 0 Å². The number of nitrogens with one attached hydrogen (secondary N) is 1. The highest BCUT2D eigenvalue weighted by molar-refractivity contribution is 6.24. The van der Waals surface area contributed by atoms with E-state index in [2.05, 4.69) is 5.32 Å². The minimum Gasteiger partial charge on any atom is -0.508 e. The molecule has 0 bridgehead atoms. The van der Waals surface area contributed by atoms with Gasteiger partial charge in [0.25, 0.3) is 5.91 Å². The van der Waals surface area contributed by atoms with E-state index in [0.717, 1.165) is 0 Å². The molecule has 1 aromatic carbocycles. The summed E-state index contributed by atoms with van der Waals surface area (Å²) in [5.41, 5.74) is 1.74. The molecule has 2 unspecified atom stereocenters. The third kappa shape index (κ3) is 5.15. The number of benzene rings is 1. The molecule has 234 valence electrons. The van der Waals surface area contributed by atoms with Crippen LogP contribution >= 0.6 is 0 Å². The number of amides is 1. The lowest BCUT2D eigenvalue weighted by Crippen LogP contribution is -2.65. The summed E-state index contributed by atoms with van der Waals surface area (Å²) in [5, 5.41) is 48.8. The lowest BCUT2D eigenvalue weighted by atomic mass is 9.57. The standard InChI is InChI=1S/C30H40N4O9/c1-29(2,3)32-8-9-43-28(41)15-12-17(33(4)5)14-10-13-11-16-21(34(6)7)24(37)20(27(31)40)26(39)30(16,42)25(38)18(13)23(36)19(14)22(15)35/h12-13,16,21,32,35-36,39,42H,8-11H2,1-7H3,(H2,31,40)/t13?,16?,21-,30-/m0/s1. The van der Waals surface area contributed by atoms with Crippen molar-refractivity contribution in [3.63, 3.8) is 0 Å². The average Bonchev–Trinajstić information content (AvgIpc) is 2.87. The number of ketones is 2. The predicted molar refractivity (Wildman–Crippen MR) is 157 cm³/mol. The lowest BCUT2D eigenvalue weighted by Gasteiger charge is -2.50. The van der Waals surface area contributed by atoms with Gasteiger partial charge >= 0.3 is 5.97 Å². The van der Waals surface area contributed by atoms with E-state index in [1.165, 1.54) is 25.1 Å². The van der Waals surface area contributed by atoms with Crippen LogP contribution in [-0.4, -0.2) is 107 Å². The summed E-state index contributed by atoms with van der Waals surface area (Å²) in [7, 11) is 6.50. The van der Waals surface area contributed by atoms with Gasteiger partial charge in [-0.1, -0.05) is 0 Å². The summed E-state index contributed by atoms with van der Waals surface area (Å²) in [4.78, 5) is 55.7. The second-order valence-electron chi connectivity index (χ2n) is 12.8. The number of likely N-dealkylation sites (N-methyl/N-ethyl adjacent to an activating group) is 1. The monoisotopic (exact) mass is 600 g/mol. The molecule has 7 N–H and O–H groups in total. The fourth-order valence-corrected chi connectivity index (χ4v) is 6.49. The zero-order valence-corrected chi connectivity index (χ0v) is 25.4. The van der Waals surface area contributed by atoms with Gasteiger partial charge in [0.1, 0.15) is 35.0 Å². The zero-order chi connectivity index (χ0) is 32.3. The number of nitrogens with two attached hydrogens (primary N) is 1. The third-order valence-corrected chi connectivity index (χ3v) is 8.39. The number of nitrogens with zero attached hydrogens (tertiary/aromatic N) is 2. The maximum absolute atomic E-state index is 14.1. The van der Waals surface area contributed by atoms with E-state index in [1.54, 1.807) is 19.0 Å². The van der Waals surface area contributed by atoms with Crippen LogP contribution in [-0.2, 0) is 25.5 Å². The van der Waals surface area contributed by atoms with Gasteiger partial charge in [0.2, 0.25) is 5.78 Å². The number of aromatic hydroxyl groups is 1. The molecule has 1 aromatic rings. The first-order chi connectivity index (χ1) is 19.8. The number of hydrogen-bond acceptors (Lipinski definition) is 12. The van der Waals surface area contributed by atoms with E-state index >= 15 is 0 Å². The molecule has 4 rings (SSSR count). The smallest absolute Gasteiger partial charge is 0.342 e. The SMILES string of the molecule is CN(C)c1cc(C(=O)OCCNC(C)(C)C)c(O)c2c1CC1CC3[C@H](N(C)C)C(=O)C(C(N)=O)=C(O)[C@@]3(O)C(=O)C1=C2O. The summed E-state index contributed by atoms with van der Waals surface area (Å²) in [6.45, 7) is 6.23. The van der Waals surface area contributed by atoms with E-state index in [9.17, 15) is 39.6 Å². The first-order valence-corrected chi connectivity index (χ1v) is 14.0. The Bertz CT molecular complexity index is 1470. The lowest BCUT2D eigenvalue weighted by molar-refractivity contribution is -0.153. The van der Waals surface area contributed by atoms with Crippen molar-refractivity contribution in [2.24, 2.45) is 17.6 Å². The summed E-state index contributed by atoms with van der Waals surface area (Å²) in [5.74, 6) is -8.47. The molecule has 0 radical (unpaired) electrons. The van der Waals surface area contributed by atoms with Crippen molar-refractivity contribution >= 4 is 34.9 Å². The summed E-state index contributed by atoms with van der Waals surface area (Å²) < 4.78 is 5.37. The molecule has 0 spiro atoms. The van der Waals surface area contributed by atoms with Gasteiger partial charge in [0.15, 0.2) is 11.4 Å². The molecule has 3 aliphatic carbocycles. The Hall–Kier alpha value is -3.94. The van der Waals surface area contributed by atoms with E-state index in [1.807, 2.05) is 20.8 Å². The zero-order valence-electron chi connectivity index (χ0n) is 25.4. The highest BCUT2D eigenvalue weighted by Gasteiger charge is 2.64. The number of carbonyl (C=O) groups excluding carboxylic acids is 4. The minimum atomic E-state index is -2.75. The van der Waals surface area contributed by atoms with Crippen LogP contribution in [0.25, 0.3) is 5.76 Å². The van der Waals surface area contributed by atoms with Crippen molar-refractivity contribution < 1.29 is 44.3 Å². The molecule has 0 aliphatic heterocycles. The number of Topliss-reactive ketones (excluding diaryl/α,β-unsaturated/α-hetero) is 2. The van der Waals surface area contributed by atoms with Crippen LogP contribution in [0.3, 0.4) is 0 Å². The molecular weight excluding hydrogens is 560 g/mol. The third-order valence-electron chi connectivity index (χ3n) is 8.39. The molecule has 4 atom stereocenters. The van der Waals surface area contributed by atoms with Gasteiger partial charge in [-0.05, 0) is 65.3 Å². The number of phenolic OH excluding ortho intramolecular Hbond substituents is 1. The van der Waals surface area contributed by atoms with Gasteiger partial charge in [-0.2, -0.15) is 0 Å². The Morgan fingerprint density at radius 1 is 1.14 bits per heavy atom. The van der Waals surface area contributed by atoms with E-state index in [-0.39, 0.29) is 41.7 Å². The van der Waals surface area contributed by atoms with Gasteiger partial charge in [-0.15, -0.1) is 0 Å². The second kappa shape index (κ2) is 11.0. The van der Waals surface area contributed by atoms with Crippen molar-refractivity contribution in [3.05, 3.63) is 39.7 Å². The maximum atomic E-state index is 14.1. The molecule has 0 heterocycles. The van der Waals surface area contributed by atoms with Crippen LogP contribution in [0.5, 0.6) is 5.75 Å². The number of aliphatic hydroxyl groups is 3. The first-order valence-electron chi connectivity index (χ1n) is 14.0. The molecule has 1 saturated carbocycles. The van der Waals surface area contributed by atoms with Crippen LogP contribution < -0.4 is 16.0 Å². The Morgan fingerprint density at radius 2 is 1.77 bits per heavy atom. The number of rotatable bonds is 7. The van der Waals surface area contributed by atoms with Crippen LogP contribution in [0.1, 0.15) is 48.7 Å². The highest BCUT2D eigenvalue weighted by Crippen LogP contribution is 2.54. The first kappa shape index (κ1) is 32.0. The number of primary amides is 1. The number of aliphatic hydroxyl groups excluding tert-OH is 2. The topological polar surface area (TPSA) is 203 Å². The van der Waals surface area contributed by atoms with Gasteiger partial charge in [-0.3, -0.25) is 19.3 Å². The number of hydrogen-bond donors (Lipinski definition) is 6. The molecule has 1 amide bonds. The molecule has 0 saturated heterocycles. The van der Waals surface area contributed by atoms with E-state index in [0.29, 0.717) is 17.8 Å². The minimum absolute atomic E-state index is 0.00550. The van der Waals surface area contributed by atoms with Gasteiger partial charge in [-0.25, -0.2) is 4.79 Å². The maximum Gasteiger partial charge on any atom is 0.342 e. The quantitative estimate of drug-likeness (QED) is 0.145. The predicted octanol–water partition coefficient (Wildman–Crippen LogP) is 0.575. The average molecular weight is 601 g/mol.